The molecule has 0 radical (unpaired) electrons. The normalized spacial score (nSPS) is 12.0. The number of carbonyl (C=O) groups is 4. The summed E-state index contributed by atoms with van der Waals surface area (Å²) in [5, 5.41) is 2.31. The lowest BCUT2D eigenvalue weighted by Crippen LogP contribution is -2.25. The number of ketones is 1. The van der Waals surface area contributed by atoms with Crippen LogP contribution in [0.5, 0.6) is 0 Å². The molecule has 0 saturated carbocycles. The van der Waals surface area contributed by atoms with Crippen LogP contribution >= 0.6 is 0 Å². The molecule has 7 heteroatoms. The summed E-state index contributed by atoms with van der Waals surface area (Å²) in [5.74, 6) is -1.93. The fourth-order valence-corrected chi connectivity index (χ4v) is 1.38. The standard InChI is InChI=1S/C15H19NO6/c1-10(17)9-12(14(19)21-3)7-5-6-8-13(15(20)22-4)16-11(2)18/h5-8H,9H2,1-4H3,(H,16,18)/b6-5+,12-7?,13-8-. The lowest BCUT2D eigenvalue weighted by atomic mass is 10.1. The van der Waals surface area contributed by atoms with Crippen LogP contribution in [-0.4, -0.2) is 37.8 Å². The van der Waals surface area contributed by atoms with Crippen molar-refractivity contribution in [2.45, 2.75) is 20.3 Å². The SMILES string of the molecule is COC(=O)C(=C/C=C/C=C(\NC(C)=O)C(=O)OC)CC(C)=O. The lowest BCUT2D eigenvalue weighted by Gasteiger charge is -2.04. The first-order chi connectivity index (χ1) is 10.3. The van der Waals surface area contributed by atoms with Crippen LogP contribution in [0.1, 0.15) is 20.3 Å². The van der Waals surface area contributed by atoms with Crippen molar-refractivity contribution in [3.05, 3.63) is 35.6 Å². The summed E-state index contributed by atoms with van der Waals surface area (Å²) >= 11 is 0. The van der Waals surface area contributed by atoms with Crippen molar-refractivity contribution in [2.24, 2.45) is 0 Å². The number of rotatable bonds is 7. The van der Waals surface area contributed by atoms with Crippen LogP contribution in [-0.2, 0) is 28.7 Å². The van der Waals surface area contributed by atoms with E-state index in [-0.39, 0.29) is 23.5 Å². The highest BCUT2D eigenvalue weighted by molar-refractivity contribution is 5.95. The van der Waals surface area contributed by atoms with Gasteiger partial charge in [-0.05, 0) is 13.0 Å². The van der Waals surface area contributed by atoms with Crippen LogP contribution in [0.4, 0.5) is 0 Å². The maximum Gasteiger partial charge on any atom is 0.354 e. The van der Waals surface area contributed by atoms with Crippen LogP contribution in [0.25, 0.3) is 0 Å². The molecular formula is C15H19NO6. The van der Waals surface area contributed by atoms with Gasteiger partial charge < -0.3 is 14.8 Å². The van der Waals surface area contributed by atoms with Gasteiger partial charge in [-0.15, -0.1) is 0 Å². The van der Waals surface area contributed by atoms with Gasteiger partial charge >= 0.3 is 11.9 Å². The number of methoxy groups -OCH3 is 2. The van der Waals surface area contributed by atoms with Crippen LogP contribution in [0, 0.1) is 0 Å². The molecule has 0 aliphatic carbocycles. The van der Waals surface area contributed by atoms with E-state index in [0.717, 1.165) is 0 Å². The third kappa shape index (κ3) is 7.78. The summed E-state index contributed by atoms with van der Waals surface area (Å²) in [7, 11) is 2.40. The molecule has 0 spiro atoms. The predicted octanol–water partition coefficient (Wildman–Crippen LogP) is 0.814. The Bertz CT molecular complexity index is 494. The van der Waals surface area contributed by atoms with Gasteiger partial charge in [-0.25, -0.2) is 9.59 Å². The van der Waals surface area contributed by atoms with Crippen LogP contribution < -0.4 is 5.32 Å². The average molecular weight is 309 g/mol. The molecule has 0 atom stereocenters. The number of hydrogen-bond donors (Lipinski definition) is 1. The van der Waals surface area contributed by atoms with Gasteiger partial charge in [0.2, 0.25) is 5.91 Å². The van der Waals surface area contributed by atoms with Gasteiger partial charge in [0, 0.05) is 18.9 Å². The zero-order chi connectivity index (χ0) is 17.1. The summed E-state index contributed by atoms with van der Waals surface area (Å²) in [6, 6.07) is 0. The van der Waals surface area contributed by atoms with E-state index < -0.39 is 17.8 Å². The Morgan fingerprint density at radius 1 is 0.909 bits per heavy atom. The van der Waals surface area contributed by atoms with Gasteiger partial charge in [0.15, 0.2) is 0 Å². The van der Waals surface area contributed by atoms with E-state index in [0.29, 0.717) is 0 Å². The molecule has 1 N–H and O–H groups in total. The average Bonchev–Trinajstić information content (AvgIpc) is 2.46. The minimum Gasteiger partial charge on any atom is -0.466 e. The van der Waals surface area contributed by atoms with Crippen molar-refractivity contribution in [1.82, 2.24) is 5.32 Å². The number of carbonyl (C=O) groups excluding carboxylic acids is 4. The topological polar surface area (TPSA) is 98.8 Å². The molecule has 120 valence electrons. The molecule has 0 aliphatic rings. The Labute approximate surface area is 128 Å². The third-order valence-corrected chi connectivity index (χ3v) is 2.27. The van der Waals surface area contributed by atoms with E-state index in [1.165, 1.54) is 52.4 Å². The monoisotopic (exact) mass is 309 g/mol. The highest BCUT2D eigenvalue weighted by Crippen LogP contribution is 2.05. The first-order valence-corrected chi connectivity index (χ1v) is 6.33. The second-order valence-corrected chi connectivity index (χ2v) is 4.20. The maximum absolute atomic E-state index is 11.5. The molecule has 0 aromatic carbocycles. The first kappa shape index (κ1) is 19.3. The minimum atomic E-state index is -0.708. The minimum absolute atomic E-state index is 0.0502. The highest BCUT2D eigenvalue weighted by Gasteiger charge is 2.11. The zero-order valence-corrected chi connectivity index (χ0v) is 13.0. The quantitative estimate of drug-likeness (QED) is 0.424. The number of allylic oxidation sites excluding steroid dienone is 4. The number of esters is 2. The fraction of sp³-hybridized carbons (Fsp3) is 0.333. The Morgan fingerprint density at radius 2 is 1.45 bits per heavy atom. The molecule has 0 fully saturated rings. The van der Waals surface area contributed by atoms with Crippen molar-refractivity contribution < 1.29 is 28.7 Å². The van der Waals surface area contributed by atoms with Gasteiger partial charge in [-0.2, -0.15) is 0 Å². The molecule has 0 unspecified atom stereocenters. The second-order valence-electron chi connectivity index (χ2n) is 4.20. The summed E-state index contributed by atoms with van der Waals surface area (Å²) in [4.78, 5) is 44.9. The Balaban J connectivity index is 5.16. The van der Waals surface area contributed by atoms with E-state index in [1.807, 2.05) is 0 Å². The van der Waals surface area contributed by atoms with Crippen molar-refractivity contribution in [2.75, 3.05) is 14.2 Å². The summed E-state index contributed by atoms with van der Waals surface area (Å²) in [6.07, 6.45) is 5.51. The van der Waals surface area contributed by atoms with Crippen molar-refractivity contribution >= 4 is 23.6 Å². The fourth-order valence-electron chi connectivity index (χ4n) is 1.38. The second kappa shape index (κ2) is 10.1. The molecule has 0 aromatic heterocycles. The molecule has 1 amide bonds. The number of Topliss-reactive ketones (excluding diaryl/α,β-unsaturated/α-hetero) is 1. The van der Waals surface area contributed by atoms with E-state index in [4.69, 9.17) is 0 Å². The molecular weight excluding hydrogens is 290 g/mol. The smallest absolute Gasteiger partial charge is 0.354 e. The molecule has 7 nitrogen and oxygen atoms in total. The highest BCUT2D eigenvalue weighted by atomic mass is 16.5. The number of hydrogen-bond acceptors (Lipinski definition) is 6. The predicted molar refractivity (Wildman–Crippen MR) is 78.5 cm³/mol. The third-order valence-electron chi connectivity index (χ3n) is 2.27. The van der Waals surface area contributed by atoms with Gasteiger partial charge in [0.25, 0.3) is 0 Å². The summed E-state index contributed by atoms with van der Waals surface area (Å²) in [5.41, 5.74) is 0.129. The lowest BCUT2D eigenvalue weighted by molar-refractivity contribution is -0.138. The summed E-state index contributed by atoms with van der Waals surface area (Å²) in [6.45, 7) is 2.61. The van der Waals surface area contributed by atoms with E-state index in [1.54, 1.807) is 0 Å². The molecule has 22 heavy (non-hydrogen) atoms. The van der Waals surface area contributed by atoms with Gasteiger partial charge in [0.1, 0.15) is 11.5 Å². The zero-order valence-electron chi connectivity index (χ0n) is 13.0. The number of ether oxygens (including phenoxy) is 2. The van der Waals surface area contributed by atoms with Crippen molar-refractivity contribution in [1.29, 1.82) is 0 Å². The van der Waals surface area contributed by atoms with E-state index in [2.05, 4.69) is 14.8 Å². The molecule has 0 aliphatic heterocycles. The van der Waals surface area contributed by atoms with Gasteiger partial charge in [0.05, 0.1) is 14.2 Å². The van der Waals surface area contributed by atoms with Gasteiger partial charge in [-0.1, -0.05) is 18.2 Å². The molecule has 0 heterocycles. The largest absolute Gasteiger partial charge is 0.466 e. The molecule has 0 aromatic rings. The number of nitrogens with one attached hydrogen (secondary N) is 1. The molecule has 0 rings (SSSR count). The summed E-state index contributed by atoms with van der Waals surface area (Å²) < 4.78 is 9.07. The van der Waals surface area contributed by atoms with Crippen LogP contribution in [0.2, 0.25) is 0 Å². The van der Waals surface area contributed by atoms with Crippen molar-refractivity contribution in [3.8, 4) is 0 Å². The van der Waals surface area contributed by atoms with Gasteiger partial charge in [-0.3, -0.25) is 9.59 Å². The van der Waals surface area contributed by atoms with Crippen LogP contribution in [0.3, 0.4) is 0 Å². The van der Waals surface area contributed by atoms with Crippen molar-refractivity contribution in [3.63, 3.8) is 0 Å². The first-order valence-electron chi connectivity index (χ1n) is 6.33. The Hall–Kier alpha value is -2.70. The van der Waals surface area contributed by atoms with Crippen LogP contribution in [0.15, 0.2) is 35.6 Å². The Kier molecular flexibility index (Phi) is 8.85. The Morgan fingerprint density at radius 3 is 1.91 bits per heavy atom. The van der Waals surface area contributed by atoms with E-state index >= 15 is 0 Å². The number of amides is 1. The van der Waals surface area contributed by atoms with E-state index in [9.17, 15) is 19.2 Å². The molecule has 0 saturated heterocycles. The maximum atomic E-state index is 11.5. The molecule has 0 bridgehead atoms.